The van der Waals surface area contributed by atoms with Crippen molar-refractivity contribution in [3.63, 3.8) is 0 Å². The van der Waals surface area contributed by atoms with Crippen molar-refractivity contribution in [2.24, 2.45) is 17.3 Å². The number of ether oxygens (including phenoxy) is 2. The van der Waals surface area contributed by atoms with Crippen molar-refractivity contribution in [2.75, 3.05) is 13.2 Å². The number of carbonyl (C=O) groups excluding carboxylic acids is 2. The fourth-order valence-corrected chi connectivity index (χ4v) is 3.57. The average Bonchev–Trinajstić information content (AvgIpc) is 3.20. The van der Waals surface area contributed by atoms with E-state index >= 15 is 0 Å². The van der Waals surface area contributed by atoms with Crippen LogP contribution in [0.1, 0.15) is 39.2 Å². The molecule has 2 unspecified atom stereocenters. The van der Waals surface area contributed by atoms with Crippen LogP contribution in [0.5, 0.6) is 0 Å². The Morgan fingerprint density at radius 3 is 1.95 bits per heavy atom. The lowest BCUT2D eigenvalue weighted by Gasteiger charge is -2.16. The van der Waals surface area contributed by atoms with Gasteiger partial charge in [0.05, 0.1) is 13.2 Å². The lowest BCUT2D eigenvalue weighted by atomic mass is 9.96. The predicted molar refractivity (Wildman–Crippen MR) is 83.2 cm³/mol. The zero-order chi connectivity index (χ0) is 16.3. The van der Waals surface area contributed by atoms with Crippen molar-refractivity contribution in [1.29, 1.82) is 0 Å². The topological polar surface area (TPSA) is 52.6 Å². The molecule has 0 amide bonds. The van der Waals surface area contributed by atoms with Gasteiger partial charge in [0.1, 0.15) is 0 Å². The van der Waals surface area contributed by atoms with Crippen molar-refractivity contribution in [3.8, 4) is 0 Å². The molecule has 1 fully saturated rings. The van der Waals surface area contributed by atoms with Gasteiger partial charge >= 0.3 is 11.9 Å². The number of hydrogen-bond acceptors (Lipinski definition) is 4. The molecule has 0 N–H and O–H groups in total. The van der Waals surface area contributed by atoms with E-state index in [-0.39, 0.29) is 31.0 Å². The first-order valence-electron chi connectivity index (χ1n) is 7.91. The van der Waals surface area contributed by atoms with Gasteiger partial charge in [-0.05, 0) is 31.2 Å². The van der Waals surface area contributed by atoms with Gasteiger partial charge in [0, 0.05) is 5.92 Å². The van der Waals surface area contributed by atoms with E-state index in [2.05, 4.69) is 0 Å². The first-order chi connectivity index (χ1) is 10.5. The Morgan fingerprint density at radius 1 is 1.05 bits per heavy atom. The summed E-state index contributed by atoms with van der Waals surface area (Å²) < 4.78 is 10.5. The van der Waals surface area contributed by atoms with Crippen molar-refractivity contribution >= 4 is 11.9 Å². The van der Waals surface area contributed by atoms with Crippen molar-refractivity contribution in [1.82, 2.24) is 0 Å². The smallest absolute Gasteiger partial charge is 0.324 e. The summed E-state index contributed by atoms with van der Waals surface area (Å²) in [7, 11) is 0. The van der Waals surface area contributed by atoms with Crippen molar-refractivity contribution < 1.29 is 19.1 Å². The monoisotopic (exact) mass is 304 g/mol. The lowest BCUT2D eigenvalue weighted by Crippen LogP contribution is -2.33. The average molecular weight is 304 g/mol. The van der Waals surface area contributed by atoms with E-state index < -0.39 is 17.4 Å². The molecule has 1 aromatic carbocycles. The van der Waals surface area contributed by atoms with E-state index in [4.69, 9.17) is 9.47 Å². The maximum atomic E-state index is 12.6. The SMILES string of the molecule is CCOC(=O)C1(C(=O)OCC)C(c2ccccc2)C1C(C)C. The number of hydrogen-bond donors (Lipinski definition) is 0. The van der Waals surface area contributed by atoms with Gasteiger partial charge in [0.2, 0.25) is 0 Å². The Hall–Kier alpha value is -1.84. The molecule has 0 heterocycles. The largest absolute Gasteiger partial charge is 0.465 e. The van der Waals surface area contributed by atoms with Gasteiger partial charge in [-0.25, -0.2) is 0 Å². The molecule has 0 spiro atoms. The van der Waals surface area contributed by atoms with Crippen LogP contribution < -0.4 is 0 Å². The molecule has 4 heteroatoms. The Morgan fingerprint density at radius 2 is 1.55 bits per heavy atom. The Kier molecular flexibility index (Phi) is 4.89. The van der Waals surface area contributed by atoms with E-state index in [1.807, 2.05) is 44.2 Å². The van der Waals surface area contributed by atoms with Crippen molar-refractivity contribution in [3.05, 3.63) is 35.9 Å². The number of esters is 2. The summed E-state index contributed by atoms with van der Waals surface area (Å²) >= 11 is 0. The van der Waals surface area contributed by atoms with Crippen LogP contribution in [0, 0.1) is 17.3 Å². The van der Waals surface area contributed by atoms with Crippen LogP contribution in [0.3, 0.4) is 0 Å². The molecule has 0 aliphatic heterocycles. The summed E-state index contributed by atoms with van der Waals surface area (Å²) in [5, 5.41) is 0. The number of rotatable bonds is 6. The number of benzene rings is 1. The summed E-state index contributed by atoms with van der Waals surface area (Å²) in [5.41, 5.74) is -0.205. The van der Waals surface area contributed by atoms with E-state index in [9.17, 15) is 9.59 Å². The molecule has 1 aromatic rings. The molecule has 1 aliphatic rings. The fraction of sp³-hybridized carbons (Fsp3) is 0.556. The molecular weight excluding hydrogens is 280 g/mol. The molecular formula is C18H24O4. The van der Waals surface area contributed by atoms with Gasteiger partial charge in [-0.3, -0.25) is 9.59 Å². The molecule has 22 heavy (non-hydrogen) atoms. The summed E-state index contributed by atoms with van der Waals surface area (Å²) in [6.45, 7) is 8.07. The third-order valence-electron chi connectivity index (χ3n) is 4.37. The zero-order valence-electron chi connectivity index (χ0n) is 13.7. The van der Waals surface area contributed by atoms with Gasteiger partial charge in [0.25, 0.3) is 0 Å². The molecule has 0 radical (unpaired) electrons. The maximum absolute atomic E-state index is 12.6. The van der Waals surface area contributed by atoms with E-state index in [0.717, 1.165) is 5.56 Å². The maximum Gasteiger partial charge on any atom is 0.324 e. The second kappa shape index (κ2) is 6.51. The van der Waals surface area contributed by atoms with Crippen LogP contribution in [-0.4, -0.2) is 25.2 Å². The second-order valence-corrected chi connectivity index (χ2v) is 5.97. The van der Waals surface area contributed by atoms with Crippen LogP contribution in [0.25, 0.3) is 0 Å². The molecule has 4 nitrogen and oxygen atoms in total. The van der Waals surface area contributed by atoms with Crippen LogP contribution in [0.2, 0.25) is 0 Å². The summed E-state index contributed by atoms with van der Waals surface area (Å²) in [4.78, 5) is 25.2. The highest BCUT2D eigenvalue weighted by molar-refractivity contribution is 6.06. The van der Waals surface area contributed by atoms with E-state index in [1.54, 1.807) is 13.8 Å². The van der Waals surface area contributed by atoms with Gasteiger partial charge in [-0.15, -0.1) is 0 Å². The molecule has 1 saturated carbocycles. The summed E-state index contributed by atoms with van der Waals surface area (Å²) in [6.07, 6.45) is 0. The van der Waals surface area contributed by atoms with Crippen LogP contribution in [-0.2, 0) is 19.1 Å². The number of carbonyl (C=O) groups is 2. The van der Waals surface area contributed by atoms with Crippen molar-refractivity contribution in [2.45, 2.75) is 33.6 Å². The van der Waals surface area contributed by atoms with Gasteiger partial charge in [-0.1, -0.05) is 44.2 Å². The van der Waals surface area contributed by atoms with Gasteiger partial charge in [-0.2, -0.15) is 0 Å². The minimum atomic E-state index is -1.19. The molecule has 0 aromatic heterocycles. The van der Waals surface area contributed by atoms with Crippen LogP contribution in [0.4, 0.5) is 0 Å². The normalized spacial score (nSPS) is 22.2. The molecule has 0 saturated heterocycles. The Balaban J connectivity index is 2.46. The molecule has 2 rings (SSSR count). The first kappa shape index (κ1) is 16.5. The Bertz CT molecular complexity index is 517. The summed E-state index contributed by atoms with van der Waals surface area (Å²) in [5.74, 6) is -0.999. The quantitative estimate of drug-likeness (QED) is 0.598. The molecule has 2 atom stereocenters. The van der Waals surface area contributed by atoms with E-state index in [1.165, 1.54) is 0 Å². The molecule has 120 valence electrons. The van der Waals surface area contributed by atoms with Crippen LogP contribution >= 0.6 is 0 Å². The highest BCUT2D eigenvalue weighted by Gasteiger charge is 2.77. The highest BCUT2D eigenvalue weighted by atomic mass is 16.6. The zero-order valence-corrected chi connectivity index (χ0v) is 13.7. The minimum Gasteiger partial charge on any atom is -0.465 e. The van der Waals surface area contributed by atoms with E-state index in [0.29, 0.717) is 0 Å². The molecule has 0 bridgehead atoms. The van der Waals surface area contributed by atoms with Crippen LogP contribution in [0.15, 0.2) is 30.3 Å². The van der Waals surface area contributed by atoms with Gasteiger partial charge < -0.3 is 9.47 Å². The standard InChI is InChI=1S/C18H24O4/c1-5-21-16(19)18(17(20)22-6-2)14(12(3)4)15(18)13-10-8-7-9-11-13/h7-12,14-15H,5-6H2,1-4H3. The minimum absolute atomic E-state index is 0.0898. The third-order valence-corrected chi connectivity index (χ3v) is 4.37. The summed E-state index contributed by atoms with van der Waals surface area (Å²) in [6, 6.07) is 9.69. The second-order valence-electron chi connectivity index (χ2n) is 5.97. The third kappa shape index (κ3) is 2.51. The lowest BCUT2D eigenvalue weighted by molar-refractivity contribution is -0.165. The molecule has 1 aliphatic carbocycles. The highest BCUT2D eigenvalue weighted by Crippen LogP contribution is 2.69. The Labute approximate surface area is 131 Å². The van der Waals surface area contributed by atoms with Gasteiger partial charge in [0.15, 0.2) is 5.41 Å². The first-order valence-corrected chi connectivity index (χ1v) is 7.91. The predicted octanol–water partition coefficient (Wildman–Crippen LogP) is 3.17. The fourth-order valence-electron chi connectivity index (χ4n) is 3.57.